The lowest BCUT2D eigenvalue weighted by Gasteiger charge is -1.97. The zero-order chi connectivity index (χ0) is 10.7. The zero-order valence-corrected chi connectivity index (χ0v) is 9.38. The molecule has 0 aliphatic heterocycles. The summed E-state index contributed by atoms with van der Waals surface area (Å²) in [6, 6.07) is 8.42. The molecule has 0 saturated heterocycles. The van der Waals surface area contributed by atoms with E-state index in [9.17, 15) is 0 Å². The van der Waals surface area contributed by atoms with Crippen LogP contribution in [0.15, 0.2) is 36.0 Å². The van der Waals surface area contributed by atoms with Crippen molar-refractivity contribution in [2.24, 2.45) is 0 Å². The molecule has 0 saturated carbocycles. The quantitative estimate of drug-likeness (QED) is 0.755. The summed E-state index contributed by atoms with van der Waals surface area (Å²) in [6.45, 7) is 4.41. The van der Waals surface area contributed by atoms with Crippen molar-refractivity contribution in [2.45, 2.75) is 26.7 Å². The average molecular weight is 199 g/mol. The molecule has 1 nitrogen and oxygen atoms in total. The number of hydrogen-bond acceptors (Lipinski definition) is 0. The van der Waals surface area contributed by atoms with Crippen molar-refractivity contribution in [3.05, 3.63) is 41.6 Å². The molecule has 15 heavy (non-hydrogen) atoms. The van der Waals surface area contributed by atoms with E-state index < -0.39 is 0 Å². The van der Waals surface area contributed by atoms with E-state index in [4.69, 9.17) is 0 Å². The number of benzene rings is 1. The zero-order valence-electron chi connectivity index (χ0n) is 9.38. The van der Waals surface area contributed by atoms with E-state index in [2.05, 4.69) is 55.4 Å². The van der Waals surface area contributed by atoms with Crippen molar-refractivity contribution in [2.75, 3.05) is 0 Å². The fourth-order valence-corrected chi connectivity index (χ4v) is 1.95. The van der Waals surface area contributed by atoms with Crippen molar-refractivity contribution < 1.29 is 0 Å². The maximum absolute atomic E-state index is 3.29. The molecule has 0 atom stereocenters. The molecule has 0 bridgehead atoms. The van der Waals surface area contributed by atoms with Crippen LogP contribution in [0.2, 0.25) is 0 Å². The van der Waals surface area contributed by atoms with Gasteiger partial charge >= 0.3 is 0 Å². The van der Waals surface area contributed by atoms with E-state index in [1.54, 1.807) is 0 Å². The van der Waals surface area contributed by atoms with Gasteiger partial charge in [-0.15, -0.1) is 0 Å². The summed E-state index contributed by atoms with van der Waals surface area (Å²) >= 11 is 0. The second kappa shape index (κ2) is 4.35. The SMILES string of the molecule is CCC/C(C)=C\c1c[nH]c2ccccc12. The van der Waals surface area contributed by atoms with E-state index in [1.807, 2.05) is 0 Å². The van der Waals surface area contributed by atoms with Crippen LogP contribution in [0.25, 0.3) is 17.0 Å². The van der Waals surface area contributed by atoms with Gasteiger partial charge in [-0.05, 0) is 25.0 Å². The van der Waals surface area contributed by atoms with Gasteiger partial charge in [-0.1, -0.05) is 43.2 Å². The third-order valence-electron chi connectivity index (χ3n) is 2.67. The molecule has 0 unspecified atom stereocenters. The number of nitrogens with one attached hydrogen (secondary N) is 1. The van der Waals surface area contributed by atoms with Crippen LogP contribution < -0.4 is 0 Å². The van der Waals surface area contributed by atoms with Crippen LogP contribution in [0.5, 0.6) is 0 Å². The lowest BCUT2D eigenvalue weighted by Crippen LogP contribution is -1.75. The average Bonchev–Trinajstić information content (AvgIpc) is 2.62. The number of para-hydroxylation sites is 1. The van der Waals surface area contributed by atoms with Gasteiger partial charge in [-0.3, -0.25) is 0 Å². The maximum atomic E-state index is 3.29. The molecule has 1 heteroatoms. The summed E-state index contributed by atoms with van der Waals surface area (Å²) in [6.07, 6.45) is 6.76. The fourth-order valence-electron chi connectivity index (χ4n) is 1.95. The van der Waals surface area contributed by atoms with Crippen LogP contribution >= 0.6 is 0 Å². The van der Waals surface area contributed by atoms with E-state index in [0.29, 0.717) is 0 Å². The summed E-state index contributed by atoms with van der Waals surface area (Å²) in [7, 11) is 0. The van der Waals surface area contributed by atoms with E-state index in [0.717, 1.165) is 0 Å². The summed E-state index contributed by atoms with van der Waals surface area (Å²) < 4.78 is 0. The third-order valence-corrected chi connectivity index (χ3v) is 2.67. The van der Waals surface area contributed by atoms with Gasteiger partial charge in [-0.2, -0.15) is 0 Å². The van der Waals surface area contributed by atoms with Crippen LogP contribution in [0.3, 0.4) is 0 Å². The minimum absolute atomic E-state index is 1.18. The fraction of sp³-hybridized carbons (Fsp3) is 0.286. The number of fused-ring (bicyclic) bond motifs is 1. The number of hydrogen-bond donors (Lipinski definition) is 1. The molecule has 2 rings (SSSR count). The highest BCUT2D eigenvalue weighted by Gasteiger charge is 1.99. The van der Waals surface area contributed by atoms with Crippen molar-refractivity contribution in [1.82, 2.24) is 4.98 Å². The summed E-state index contributed by atoms with van der Waals surface area (Å²) in [5.41, 5.74) is 3.96. The molecule has 78 valence electrons. The first-order chi connectivity index (χ1) is 7.31. The molecule has 1 aromatic heterocycles. The van der Waals surface area contributed by atoms with Crippen LogP contribution in [-0.2, 0) is 0 Å². The molecule has 2 aromatic rings. The molecule has 0 radical (unpaired) electrons. The smallest absolute Gasteiger partial charge is 0.0460 e. The maximum Gasteiger partial charge on any atom is 0.0460 e. The molecule has 0 amide bonds. The van der Waals surface area contributed by atoms with Crippen molar-refractivity contribution >= 4 is 17.0 Å². The molecular weight excluding hydrogens is 182 g/mol. The monoisotopic (exact) mass is 199 g/mol. The van der Waals surface area contributed by atoms with E-state index in [1.165, 1.54) is 34.9 Å². The molecule has 0 fully saturated rings. The standard InChI is InChI=1S/C14H17N/c1-3-6-11(2)9-12-10-15-14-8-5-4-7-13(12)14/h4-5,7-10,15H,3,6H2,1-2H3/b11-9-. The Morgan fingerprint density at radius 2 is 2.13 bits per heavy atom. The number of aromatic amines is 1. The number of rotatable bonds is 3. The molecule has 1 N–H and O–H groups in total. The number of aromatic nitrogens is 1. The number of allylic oxidation sites excluding steroid dienone is 1. The Morgan fingerprint density at radius 3 is 2.93 bits per heavy atom. The van der Waals surface area contributed by atoms with Gasteiger partial charge in [0, 0.05) is 17.1 Å². The van der Waals surface area contributed by atoms with Crippen LogP contribution in [0.1, 0.15) is 32.3 Å². The molecule has 0 spiro atoms. The largest absolute Gasteiger partial charge is 0.361 e. The van der Waals surface area contributed by atoms with Crippen LogP contribution in [0, 0.1) is 0 Å². The van der Waals surface area contributed by atoms with E-state index in [-0.39, 0.29) is 0 Å². The Hall–Kier alpha value is -1.50. The van der Waals surface area contributed by atoms with Gasteiger partial charge < -0.3 is 4.98 Å². The highest BCUT2D eigenvalue weighted by Crippen LogP contribution is 2.21. The minimum atomic E-state index is 1.18. The van der Waals surface area contributed by atoms with Gasteiger partial charge in [-0.25, -0.2) is 0 Å². The Morgan fingerprint density at radius 1 is 1.33 bits per heavy atom. The summed E-state index contributed by atoms with van der Waals surface area (Å²) in [5.74, 6) is 0. The predicted octanol–water partition coefficient (Wildman–Crippen LogP) is 4.37. The molecule has 1 aromatic carbocycles. The van der Waals surface area contributed by atoms with Crippen molar-refractivity contribution in [3.63, 3.8) is 0 Å². The first-order valence-corrected chi connectivity index (χ1v) is 5.54. The van der Waals surface area contributed by atoms with E-state index >= 15 is 0 Å². The lowest BCUT2D eigenvalue weighted by atomic mass is 10.1. The Bertz CT molecular complexity index is 477. The first kappa shape index (κ1) is 10.0. The van der Waals surface area contributed by atoms with Crippen LogP contribution in [-0.4, -0.2) is 4.98 Å². The molecule has 0 aliphatic rings. The molecular formula is C14H17N. The summed E-state index contributed by atoms with van der Waals surface area (Å²) in [4.78, 5) is 3.29. The number of H-pyrrole nitrogens is 1. The second-order valence-electron chi connectivity index (χ2n) is 4.03. The summed E-state index contributed by atoms with van der Waals surface area (Å²) in [5, 5.41) is 1.31. The van der Waals surface area contributed by atoms with Gasteiger partial charge in [0.05, 0.1) is 0 Å². The van der Waals surface area contributed by atoms with Gasteiger partial charge in [0.15, 0.2) is 0 Å². The normalized spacial score (nSPS) is 12.3. The highest BCUT2D eigenvalue weighted by atomic mass is 14.7. The van der Waals surface area contributed by atoms with Gasteiger partial charge in [0.25, 0.3) is 0 Å². The molecule has 1 heterocycles. The highest BCUT2D eigenvalue weighted by molar-refractivity contribution is 5.89. The van der Waals surface area contributed by atoms with Crippen molar-refractivity contribution in [1.29, 1.82) is 0 Å². The van der Waals surface area contributed by atoms with Gasteiger partial charge in [0.2, 0.25) is 0 Å². The topological polar surface area (TPSA) is 15.8 Å². The minimum Gasteiger partial charge on any atom is -0.361 e. The van der Waals surface area contributed by atoms with Gasteiger partial charge in [0.1, 0.15) is 0 Å². The lowest BCUT2D eigenvalue weighted by molar-refractivity contribution is 0.912. The Kier molecular flexibility index (Phi) is 2.91. The van der Waals surface area contributed by atoms with Crippen LogP contribution in [0.4, 0.5) is 0 Å². The van der Waals surface area contributed by atoms with Crippen molar-refractivity contribution in [3.8, 4) is 0 Å². The molecule has 0 aliphatic carbocycles. The Labute approximate surface area is 90.8 Å². The first-order valence-electron chi connectivity index (χ1n) is 5.54. The third kappa shape index (κ3) is 2.12. The Balaban J connectivity index is 2.40. The second-order valence-corrected chi connectivity index (χ2v) is 4.03. The predicted molar refractivity (Wildman–Crippen MR) is 66.9 cm³/mol.